The van der Waals surface area contributed by atoms with Gasteiger partial charge in [0.2, 0.25) is 17.7 Å². The number of nitro benzene ring substituents is 1. The first-order valence-electron chi connectivity index (χ1n) is 8.01. The van der Waals surface area contributed by atoms with Crippen molar-refractivity contribution < 1.29 is 19.3 Å². The Morgan fingerprint density at radius 2 is 2.04 bits per heavy atom. The summed E-state index contributed by atoms with van der Waals surface area (Å²) in [6.45, 7) is 4.42. The molecular weight excluding hydrogens is 360 g/mol. The van der Waals surface area contributed by atoms with E-state index in [1.807, 2.05) is 13.8 Å². The predicted octanol–water partition coefficient (Wildman–Crippen LogP) is 1.55. The molecule has 1 heterocycles. The molecule has 1 aliphatic rings. The molecule has 1 aliphatic heterocycles. The average Bonchev–Trinajstić information content (AvgIpc) is 2.56. The molecule has 140 valence electrons. The molecule has 0 unspecified atom stereocenters. The number of anilines is 1. The Morgan fingerprint density at radius 1 is 1.38 bits per heavy atom. The molecule has 10 heteroatoms. The smallest absolute Gasteiger partial charge is 0.269 e. The predicted molar refractivity (Wildman–Crippen MR) is 97.3 cm³/mol. The summed E-state index contributed by atoms with van der Waals surface area (Å²) in [4.78, 5) is 47.4. The minimum Gasteiger partial charge on any atom is -0.327 e. The summed E-state index contributed by atoms with van der Waals surface area (Å²) in [5.74, 6) is -0.699. The van der Waals surface area contributed by atoms with Crippen LogP contribution in [0.1, 0.15) is 20.3 Å². The molecule has 0 bridgehead atoms. The third-order valence-corrected chi connectivity index (χ3v) is 4.61. The quantitative estimate of drug-likeness (QED) is 0.420. The van der Waals surface area contributed by atoms with E-state index < -0.39 is 10.4 Å². The van der Waals surface area contributed by atoms with Crippen molar-refractivity contribution in [2.24, 2.45) is 5.92 Å². The molecule has 3 amide bonds. The van der Waals surface area contributed by atoms with Crippen molar-refractivity contribution in [2.45, 2.75) is 25.8 Å². The lowest BCUT2D eigenvalue weighted by Crippen LogP contribution is -2.56. The van der Waals surface area contributed by atoms with Crippen molar-refractivity contribution in [2.75, 3.05) is 17.6 Å². The molecule has 1 aromatic carbocycles. The maximum Gasteiger partial charge on any atom is 0.269 e. The van der Waals surface area contributed by atoms with Gasteiger partial charge in [-0.05, 0) is 18.1 Å². The van der Waals surface area contributed by atoms with E-state index in [4.69, 9.17) is 0 Å². The van der Waals surface area contributed by atoms with Crippen LogP contribution in [0.4, 0.5) is 11.4 Å². The lowest BCUT2D eigenvalue weighted by Gasteiger charge is -2.36. The van der Waals surface area contributed by atoms with Gasteiger partial charge in [-0.2, -0.15) is 0 Å². The Labute approximate surface area is 154 Å². The van der Waals surface area contributed by atoms with E-state index in [-0.39, 0.29) is 41.5 Å². The number of rotatable bonds is 7. The number of carbonyl (C=O) groups is 3. The number of nitrogens with zero attached hydrogens (tertiary/aromatic N) is 2. The summed E-state index contributed by atoms with van der Waals surface area (Å²) < 4.78 is 0. The van der Waals surface area contributed by atoms with Crippen LogP contribution in [0.2, 0.25) is 0 Å². The van der Waals surface area contributed by atoms with Gasteiger partial charge in [0.1, 0.15) is 6.42 Å². The van der Waals surface area contributed by atoms with E-state index in [0.29, 0.717) is 12.2 Å². The number of non-ortho nitro benzene ring substituents is 1. The number of nitrogens with one attached hydrogen (secondary N) is 2. The number of thioether (sulfide) groups is 1. The first-order valence-corrected chi connectivity index (χ1v) is 9.06. The molecule has 1 fully saturated rings. The molecule has 2 N–H and O–H groups in total. The fourth-order valence-corrected chi connectivity index (χ4v) is 3.36. The van der Waals surface area contributed by atoms with Crippen LogP contribution in [0, 0.1) is 16.0 Å². The largest absolute Gasteiger partial charge is 0.327 e. The van der Waals surface area contributed by atoms with Crippen LogP contribution < -0.4 is 10.6 Å². The second-order valence-corrected chi connectivity index (χ2v) is 7.27. The first kappa shape index (κ1) is 19.7. The molecule has 0 saturated carbocycles. The molecule has 26 heavy (non-hydrogen) atoms. The van der Waals surface area contributed by atoms with Gasteiger partial charge in [0.05, 0.1) is 10.7 Å². The molecule has 1 saturated heterocycles. The first-order chi connectivity index (χ1) is 12.3. The second kappa shape index (κ2) is 8.65. The summed E-state index contributed by atoms with van der Waals surface area (Å²) in [6, 6.07) is 5.48. The maximum absolute atomic E-state index is 12.1. The zero-order valence-electron chi connectivity index (χ0n) is 14.4. The monoisotopic (exact) mass is 380 g/mol. The third-order valence-electron chi connectivity index (χ3n) is 3.50. The molecule has 9 nitrogen and oxygen atoms in total. The average molecular weight is 380 g/mol. The summed E-state index contributed by atoms with van der Waals surface area (Å²) >= 11 is 1.14. The van der Waals surface area contributed by atoms with Gasteiger partial charge in [-0.15, -0.1) is 11.8 Å². The summed E-state index contributed by atoms with van der Waals surface area (Å²) in [5, 5.41) is 16.0. The number of carbonyl (C=O) groups excluding carboxylic acids is 3. The highest BCUT2D eigenvalue weighted by Gasteiger charge is 2.32. The lowest BCUT2D eigenvalue weighted by molar-refractivity contribution is -0.384. The number of benzene rings is 1. The minimum absolute atomic E-state index is 0.0177. The molecule has 0 spiro atoms. The van der Waals surface area contributed by atoms with Gasteiger partial charge in [0.15, 0.2) is 5.50 Å². The number of amides is 3. The highest BCUT2D eigenvalue weighted by molar-refractivity contribution is 8.00. The van der Waals surface area contributed by atoms with Crippen LogP contribution in [0.15, 0.2) is 24.3 Å². The topological polar surface area (TPSA) is 122 Å². The number of hydrogen-bond donors (Lipinski definition) is 2. The van der Waals surface area contributed by atoms with E-state index in [1.165, 1.54) is 24.3 Å². The summed E-state index contributed by atoms with van der Waals surface area (Å²) in [6.07, 6.45) is -0.182. The van der Waals surface area contributed by atoms with E-state index >= 15 is 0 Å². The summed E-state index contributed by atoms with van der Waals surface area (Å²) in [5.41, 5.74) is -0.220. The molecule has 0 aliphatic carbocycles. The standard InChI is InChI=1S/C16H20N4O5S/c1-10(2)8-19-15(23)7-13(21)18-16(19)26-9-14(22)17-11-3-5-12(6-4-11)20(24)25/h3-6,10,16H,7-9H2,1-2H3,(H,17,22)(H,18,21)/t16-/m1/s1. The van der Waals surface area contributed by atoms with E-state index in [9.17, 15) is 24.5 Å². The zero-order valence-corrected chi connectivity index (χ0v) is 15.2. The second-order valence-electron chi connectivity index (χ2n) is 6.20. The zero-order chi connectivity index (χ0) is 19.3. The fourth-order valence-electron chi connectivity index (χ4n) is 2.38. The minimum atomic E-state index is -0.589. The van der Waals surface area contributed by atoms with Crippen molar-refractivity contribution in [1.82, 2.24) is 10.2 Å². The third kappa shape index (κ3) is 5.45. The van der Waals surface area contributed by atoms with Crippen molar-refractivity contribution in [1.29, 1.82) is 0 Å². The Kier molecular flexibility index (Phi) is 6.56. The molecule has 1 aromatic rings. The number of nitro groups is 1. The van der Waals surface area contributed by atoms with E-state index in [2.05, 4.69) is 10.6 Å². The van der Waals surface area contributed by atoms with Gasteiger partial charge < -0.3 is 15.5 Å². The molecule has 2 rings (SSSR count). The van der Waals surface area contributed by atoms with E-state index in [0.717, 1.165) is 11.8 Å². The fraction of sp³-hybridized carbons (Fsp3) is 0.438. The molecule has 0 aromatic heterocycles. The van der Waals surface area contributed by atoms with Gasteiger partial charge in [-0.1, -0.05) is 13.8 Å². The van der Waals surface area contributed by atoms with Gasteiger partial charge in [0, 0.05) is 24.4 Å². The summed E-state index contributed by atoms with van der Waals surface area (Å²) in [7, 11) is 0. The SMILES string of the molecule is CC(C)CN1C(=O)CC(=O)N[C@H]1SCC(=O)Nc1ccc([N+](=O)[O-])cc1. The Morgan fingerprint density at radius 3 is 2.62 bits per heavy atom. The highest BCUT2D eigenvalue weighted by atomic mass is 32.2. The Bertz CT molecular complexity index is 707. The van der Waals surface area contributed by atoms with Gasteiger partial charge >= 0.3 is 0 Å². The normalized spacial score (nSPS) is 17.2. The van der Waals surface area contributed by atoms with Crippen molar-refractivity contribution in [3.8, 4) is 0 Å². The van der Waals surface area contributed by atoms with Crippen LogP contribution in [0.25, 0.3) is 0 Å². The maximum atomic E-state index is 12.1. The van der Waals surface area contributed by atoms with Crippen LogP contribution in [0.3, 0.4) is 0 Å². The molecule has 1 atom stereocenters. The molecule has 0 radical (unpaired) electrons. The van der Waals surface area contributed by atoms with Crippen LogP contribution in [-0.4, -0.2) is 45.3 Å². The van der Waals surface area contributed by atoms with Crippen LogP contribution in [0.5, 0.6) is 0 Å². The van der Waals surface area contributed by atoms with Crippen LogP contribution >= 0.6 is 11.8 Å². The van der Waals surface area contributed by atoms with Gasteiger partial charge in [-0.25, -0.2) is 0 Å². The van der Waals surface area contributed by atoms with Crippen molar-refractivity contribution >= 4 is 40.9 Å². The molecular formula is C16H20N4O5S. The van der Waals surface area contributed by atoms with Crippen molar-refractivity contribution in [3.05, 3.63) is 34.4 Å². The van der Waals surface area contributed by atoms with Gasteiger partial charge in [-0.3, -0.25) is 24.5 Å². The Hall–Kier alpha value is -2.62. The van der Waals surface area contributed by atoms with Crippen LogP contribution in [-0.2, 0) is 14.4 Å². The van der Waals surface area contributed by atoms with E-state index in [1.54, 1.807) is 4.90 Å². The Balaban J connectivity index is 1.92. The number of hydrogen-bond acceptors (Lipinski definition) is 6. The highest BCUT2D eigenvalue weighted by Crippen LogP contribution is 2.21. The lowest BCUT2D eigenvalue weighted by atomic mass is 10.2. The van der Waals surface area contributed by atoms with Gasteiger partial charge in [0.25, 0.3) is 5.69 Å². The van der Waals surface area contributed by atoms with Crippen molar-refractivity contribution in [3.63, 3.8) is 0 Å².